The lowest BCUT2D eigenvalue weighted by Gasteiger charge is -2.22. The average Bonchev–Trinajstić information content (AvgIpc) is 2.85. The van der Waals surface area contributed by atoms with Crippen molar-refractivity contribution in [2.45, 2.75) is 13.3 Å². The van der Waals surface area contributed by atoms with Crippen LogP contribution in [0, 0.1) is 6.92 Å². The lowest BCUT2D eigenvalue weighted by molar-refractivity contribution is 0.0720. The van der Waals surface area contributed by atoms with E-state index in [1.165, 1.54) is 29.8 Å². The van der Waals surface area contributed by atoms with Crippen LogP contribution in [0.1, 0.15) is 32.0 Å². The number of carbonyl (C=O) groups is 2. The van der Waals surface area contributed by atoms with Gasteiger partial charge in [0.2, 0.25) is 0 Å². The molecule has 0 unspecified atom stereocenters. The van der Waals surface area contributed by atoms with Crippen LogP contribution in [-0.4, -0.2) is 57.9 Å². The fourth-order valence-corrected chi connectivity index (χ4v) is 3.68. The van der Waals surface area contributed by atoms with Crippen LogP contribution in [0.25, 0.3) is 0 Å². The molecule has 0 spiro atoms. The molecule has 0 bridgehead atoms. The van der Waals surface area contributed by atoms with Gasteiger partial charge in [0, 0.05) is 32.4 Å². The highest BCUT2D eigenvalue weighted by Gasteiger charge is 2.25. The van der Waals surface area contributed by atoms with Crippen LogP contribution in [-0.2, 0) is 0 Å². The highest BCUT2D eigenvalue weighted by Crippen LogP contribution is 2.19. The van der Waals surface area contributed by atoms with Crippen molar-refractivity contribution in [1.29, 1.82) is 0 Å². The van der Waals surface area contributed by atoms with Gasteiger partial charge < -0.3 is 14.9 Å². The van der Waals surface area contributed by atoms with Crippen molar-refractivity contribution in [3.05, 3.63) is 45.9 Å². The summed E-state index contributed by atoms with van der Waals surface area (Å²) in [5.41, 5.74) is 1.36. The summed E-state index contributed by atoms with van der Waals surface area (Å²) >= 11 is 1.46. The van der Waals surface area contributed by atoms with Crippen LogP contribution in [0.15, 0.2) is 29.9 Å². The van der Waals surface area contributed by atoms with Crippen LogP contribution in [0.2, 0.25) is 0 Å². The van der Waals surface area contributed by atoms with E-state index in [-0.39, 0.29) is 17.6 Å². The second kappa shape index (κ2) is 7.00. The second-order valence-corrected chi connectivity index (χ2v) is 6.72. The van der Waals surface area contributed by atoms with Crippen molar-refractivity contribution in [2.24, 2.45) is 0 Å². The molecule has 24 heavy (non-hydrogen) atoms. The first kappa shape index (κ1) is 16.4. The van der Waals surface area contributed by atoms with Gasteiger partial charge in [-0.15, -0.1) is 11.3 Å². The van der Waals surface area contributed by atoms with Gasteiger partial charge in [-0.05, 0) is 36.4 Å². The first-order chi connectivity index (χ1) is 11.6. The van der Waals surface area contributed by atoms with Crippen molar-refractivity contribution >= 4 is 23.2 Å². The zero-order valence-electron chi connectivity index (χ0n) is 13.4. The Bertz CT molecular complexity index is 759. The van der Waals surface area contributed by atoms with E-state index in [1.54, 1.807) is 4.90 Å². The number of nitrogens with zero attached hydrogens (tertiary/aromatic N) is 3. The first-order valence-electron chi connectivity index (χ1n) is 7.83. The molecule has 3 heterocycles. The summed E-state index contributed by atoms with van der Waals surface area (Å²) in [6.45, 7) is 4.14. The number of aryl methyl sites for hydroxylation is 1. The number of hydrogen-bond donors (Lipinski definition) is 1. The number of rotatable bonds is 2. The average molecular weight is 345 g/mol. The lowest BCUT2D eigenvalue weighted by Crippen LogP contribution is -2.37. The van der Waals surface area contributed by atoms with Gasteiger partial charge in [0.1, 0.15) is 5.75 Å². The Morgan fingerprint density at radius 2 is 1.83 bits per heavy atom. The Balaban J connectivity index is 1.68. The summed E-state index contributed by atoms with van der Waals surface area (Å²) in [4.78, 5) is 33.3. The third kappa shape index (κ3) is 3.41. The summed E-state index contributed by atoms with van der Waals surface area (Å²) in [5, 5.41) is 11.4. The fraction of sp³-hybridized carbons (Fsp3) is 0.353. The predicted octanol–water partition coefficient (Wildman–Crippen LogP) is 2.15. The number of amides is 2. The van der Waals surface area contributed by atoms with Gasteiger partial charge in [-0.25, -0.2) is 0 Å². The highest BCUT2D eigenvalue weighted by molar-refractivity contribution is 7.12. The van der Waals surface area contributed by atoms with E-state index in [1.807, 2.05) is 23.3 Å². The predicted molar refractivity (Wildman–Crippen MR) is 91.4 cm³/mol. The zero-order chi connectivity index (χ0) is 17.1. The van der Waals surface area contributed by atoms with E-state index >= 15 is 0 Å². The van der Waals surface area contributed by atoms with Crippen molar-refractivity contribution in [2.75, 3.05) is 26.2 Å². The third-order valence-corrected chi connectivity index (χ3v) is 5.10. The molecule has 0 radical (unpaired) electrons. The maximum Gasteiger partial charge on any atom is 0.264 e. The van der Waals surface area contributed by atoms with Gasteiger partial charge in [0.15, 0.2) is 0 Å². The minimum absolute atomic E-state index is 0.0272. The molecule has 1 aliphatic rings. The summed E-state index contributed by atoms with van der Waals surface area (Å²) in [6, 6.07) is 3.36. The van der Waals surface area contributed by atoms with E-state index in [9.17, 15) is 14.7 Å². The monoisotopic (exact) mass is 345 g/mol. The van der Waals surface area contributed by atoms with Crippen LogP contribution >= 0.6 is 11.3 Å². The van der Waals surface area contributed by atoms with E-state index in [0.29, 0.717) is 31.7 Å². The summed E-state index contributed by atoms with van der Waals surface area (Å²) < 4.78 is 0. The molecule has 0 saturated carbocycles. The Morgan fingerprint density at radius 1 is 1.12 bits per heavy atom. The van der Waals surface area contributed by atoms with Gasteiger partial charge in [0.25, 0.3) is 11.8 Å². The molecule has 0 aliphatic carbocycles. The maximum absolute atomic E-state index is 12.6. The van der Waals surface area contributed by atoms with E-state index in [4.69, 9.17) is 0 Å². The van der Waals surface area contributed by atoms with Crippen molar-refractivity contribution < 1.29 is 14.7 Å². The van der Waals surface area contributed by atoms with E-state index in [2.05, 4.69) is 4.98 Å². The molecular weight excluding hydrogens is 326 g/mol. The Hall–Kier alpha value is -2.41. The van der Waals surface area contributed by atoms with E-state index in [0.717, 1.165) is 16.9 Å². The van der Waals surface area contributed by atoms with Gasteiger partial charge >= 0.3 is 0 Å². The molecule has 1 aliphatic heterocycles. The minimum Gasteiger partial charge on any atom is -0.506 e. The molecule has 3 rings (SSSR count). The van der Waals surface area contributed by atoms with E-state index < -0.39 is 0 Å². The van der Waals surface area contributed by atoms with Gasteiger partial charge in [0.05, 0.1) is 16.6 Å². The number of hydrogen-bond acceptors (Lipinski definition) is 5. The van der Waals surface area contributed by atoms with Crippen LogP contribution in [0.3, 0.4) is 0 Å². The molecule has 1 saturated heterocycles. The topological polar surface area (TPSA) is 73.7 Å². The minimum atomic E-state index is -0.167. The van der Waals surface area contributed by atoms with Crippen LogP contribution in [0.4, 0.5) is 0 Å². The molecule has 7 heteroatoms. The maximum atomic E-state index is 12.6. The third-order valence-electron chi connectivity index (χ3n) is 4.10. The number of pyridine rings is 1. The zero-order valence-corrected chi connectivity index (χ0v) is 14.3. The molecule has 2 aromatic rings. The second-order valence-electron chi connectivity index (χ2n) is 5.80. The summed E-state index contributed by atoms with van der Waals surface area (Å²) in [5.74, 6) is -0.156. The molecule has 1 fully saturated rings. The number of carbonyl (C=O) groups excluding carboxylic acids is 2. The largest absolute Gasteiger partial charge is 0.506 e. The molecule has 2 amide bonds. The number of aromatic hydroxyl groups is 1. The molecule has 126 valence electrons. The summed E-state index contributed by atoms with van der Waals surface area (Å²) in [7, 11) is 0. The van der Waals surface area contributed by atoms with Gasteiger partial charge in [-0.1, -0.05) is 0 Å². The number of aromatic nitrogens is 1. The Morgan fingerprint density at radius 3 is 2.46 bits per heavy atom. The normalized spacial score (nSPS) is 15.2. The molecule has 1 N–H and O–H groups in total. The summed E-state index contributed by atoms with van der Waals surface area (Å²) in [6.07, 6.45) is 3.47. The van der Waals surface area contributed by atoms with Gasteiger partial charge in [-0.3, -0.25) is 14.6 Å². The van der Waals surface area contributed by atoms with Crippen LogP contribution < -0.4 is 0 Å². The van der Waals surface area contributed by atoms with Gasteiger partial charge in [-0.2, -0.15) is 0 Å². The van der Waals surface area contributed by atoms with Crippen molar-refractivity contribution in [3.63, 3.8) is 0 Å². The Labute approximate surface area is 144 Å². The molecule has 0 atom stereocenters. The first-order valence-corrected chi connectivity index (χ1v) is 8.71. The Kier molecular flexibility index (Phi) is 4.80. The van der Waals surface area contributed by atoms with Crippen molar-refractivity contribution in [1.82, 2.24) is 14.8 Å². The van der Waals surface area contributed by atoms with Crippen LogP contribution in [0.5, 0.6) is 5.75 Å². The smallest absolute Gasteiger partial charge is 0.264 e. The molecule has 2 aromatic heterocycles. The highest BCUT2D eigenvalue weighted by atomic mass is 32.1. The lowest BCUT2D eigenvalue weighted by atomic mass is 10.2. The fourth-order valence-electron chi connectivity index (χ4n) is 2.79. The molecular formula is C17H19N3O3S. The van der Waals surface area contributed by atoms with Crippen molar-refractivity contribution in [3.8, 4) is 5.75 Å². The number of thiophene rings is 1. The quantitative estimate of drug-likeness (QED) is 0.905. The molecule has 6 nitrogen and oxygen atoms in total. The SMILES string of the molecule is Cc1ccsc1C(=O)N1CCCN(C(=O)c2cncc(O)c2)CC1. The standard InChI is InChI=1S/C17H19N3O3S/c1-12-3-8-24-15(12)17(23)20-5-2-4-19(6-7-20)16(22)13-9-14(21)11-18-10-13/h3,8-11,21H,2,4-7H2,1H3. The molecule has 0 aromatic carbocycles.